The molecule has 9 heteroatoms. The maximum atomic E-state index is 12.6. The summed E-state index contributed by atoms with van der Waals surface area (Å²) in [5.41, 5.74) is 4.50. The highest BCUT2D eigenvalue weighted by Gasteiger charge is 2.14. The number of nitrogens with zero attached hydrogens (tertiary/aromatic N) is 1. The van der Waals surface area contributed by atoms with Crippen LogP contribution in [0.15, 0.2) is 64.2 Å². The van der Waals surface area contributed by atoms with Gasteiger partial charge in [0.1, 0.15) is 6.61 Å². The number of amides is 1. The average Bonchev–Trinajstić information content (AvgIpc) is 2.88. The van der Waals surface area contributed by atoms with Crippen molar-refractivity contribution in [3.05, 3.63) is 80.8 Å². The third kappa shape index (κ3) is 7.38. The van der Waals surface area contributed by atoms with Gasteiger partial charge in [0.15, 0.2) is 23.0 Å². The van der Waals surface area contributed by atoms with Crippen LogP contribution in [0.2, 0.25) is 5.02 Å². The molecule has 0 radical (unpaired) electrons. The van der Waals surface area contributed by atoms with Gasteiger partial charge in [0.2, 0.25) is 0 Å². The van der Waals surface area contributed by atoms with Crippen LogP contribution in [0.4, 0.5) is 0 Å². The Hall–Kier alpha value is -3.23. The zero-order chi connectivity index (χ0) is 25.9. The Balaban J connectivity index is 1.69. The summed E-state index contributed by atoms with van der Waals surface area (Å²) < 4.78 is 23.4. The molecule has 36 heavy (non-hydrogen) atoms. The van der Waals surface area contributed by atoms with E-state index >= 15 is 0 Å². The Bertz CT molecular complexity index is 1220. The lowest BCUT2D eigenvalue weighted by atomic mass is 10.2. The maximum absolute atomic E-state index is 12.6. The second-order valence-corrected chi connectivity index (χ2v) is 8.82. The molecular weight excluding hydrogens is 548 g/mol. The van der Waals surface area contributed by atoms with Gasteiger partial charge in [-0.1, -0.05) is 36.7 Å². The summed E-state index contributed by atoms with van der Waals surface area (Å²) in [7, 11) is 1.55. The average molecular weight is 576 g/mol. The van der Waals surface area contributed by atoms with Crippen molar-refractivity contribution in [1.29, 1.82) is 0 Å². The summed E-state index contributed by atoms with van der Waals surface area (Å²) >= 11 is 9.74. The summed E-state index contributed by atoms with van der Waals surface area (Å²) in [6.07, 6.45) is 2.39. The Morgan fingerprint density at radius 3 is 2.56 bits per heavy atom. The van der Waals surface area contributed by atoms with Crippen molar-refractivity contribution < 1.29 is 23.7 Å². The van der Waals surface area contributed by atoms with Gasteiger partial charge in [-0.2, -0.15) is 5.10 Å². The van der Waals surface area contributed by atoms with Crippen LogP contribution >= 0.6 is 27.5 Å². The van der Waals surface area contributed by atoms with Gasteiger partial charge < -0.3 is 18.9 Å². The van der Waals surface area contributed by atoms with Gasteiger partial charge in [0.05, 0.1) is 31.0 Å². The fraction of sp³-hybridized carbons (Fsp3) is 0.259. The standard InChI is InChI=1S/C27H28BrClN2O5/c1-4-12-35-23-11-10-19(15-24(23)34-5-2)27(32)31-30-16-18-13-21(28)26(25(14-18)33-3)36-17-20-8-6-7-9-22(20)29/h6-11,13-16H,4-5,12,17H2,1-3H3,(H,31,32)/b30-16+. The van der Waals surface area contributed by atoms with Crippen LogP contribution in [0.3, 0.4) is 0 Å². The van der Waals surface area contributed by atoms with E-state index < -0.39 is 0 Å². The molecule has 0 aliphatic carbocycles. The summed E-state index contributed by atoms with van der Waals surface area (Å²) in [6.45, 7) is 5.21. The predicted molar refractivity (Wildman–Crippen MR) is 145 cm³/mol. The molecule has 0 atom stereocenters. The number of hydrogen-bond donors (Lipinski definition) is 1. The van der Waals surface area contributed by atoms with E-state index in [1.807, 2.05) is 44.2 Å². The number of halogens is 2. The van der Waals surface area contributed by atoms with E-state index in [0.29, 0.717) is 56.8 Å². The molecule has 0 saturated carbocycles. The van der Waals surface area contributed by atoms with E-state index in [1.54, 1.807) is 31.4 Å². The van der Waals surface area contributed by atoms with Gasteiger partial charge >= 0.3 is 0 Å². The fourth-order valence-corrected chi connectivity index (χ4v) is 3.96. The molecule has 0 bridgehead atoms. The molecule has 0 fully saturated rings. The van der Waals surface area contributed by atoms with Crippen LogP contribution in [0.5, 0.6) is 23.0 Å². The summed E-state index contributed by atoms with van der Waals surface area (Å²) in [5.74, 6) is 1.79. The maximum Gasteiger partial charge on any atom is 0.271 e. The number of ether oxygens (including phenoxy) is 4. The second-order valence-electron chi connectivity index (χ2n) is 7.56. The van der Waals surface area contributed by atoms with Crippen molar-refractivity contribution in [3.8, 4) is 23.0 Å². The van der Waals surface area contributed by atoms with Gasteiger partial charge in [-0.15, -0.1) is 0 Å². The van der Waals surface area contributed by atoms with Gasteiger partial charge in [-0.25, -0.2) is 5.43 Å². The number of methoxy groups -OCH3 is 1. The third-order valence-electron chi connectivity index (χ3n) is 4.93. The van der Waals surface area contributed by atoms with E-state index in [1.165, 1.54) is 6.21 Å². The second kappa shape index (κ2) is 13.8. The van der Waals surface area contributed by atoms with Gasteiger partial charge in [0.25, 0.3) is 5.91 Å². The number of carbonyl (C=O) groups excluding carboxylic acids is 1. The van der Waals surface area contributed by atoms with Crippen molar-refractivity contribution in [3.63, 3.8) is 0 Å². The number of hydrogen-bond acceptors (Lipinski definition) is 6. The highest BCUT2D eigenvalue weighted by Crippen LogP contribution is 2.37. The minimum atomic E-state index is -0.375. The first-order valence-corrected chi connectivity index (χ1v) is 12.6. The van der Waals surface area contributed by atoms with Crippen molar-refractivity contribution in [2.45, 2.75) is 26.9 Å². The first kappa shape index (κ1) is 27.4. The van der Waals surface area contributed by atoms with Gasteiger partial charge in [0, 0.05) is 16.1 Å². The van der Waals surface area contributed by atoms with Crippen molar-refractivity contribution in [2.75, 3.05) is 20.3 Å². The topological polar surface area (TPSA) is 78.4 Å². The van der Waals surface area contributed by atoms with Crippen LogP contribution in [0.1, 0.15) is 41.8 Å². The van der Waals surface area contributed by atoms with Crippen LogP contribution in [0, 0.1) is 0 Å². The lowest BCUT2D eigenvalue weighted by molar-refractivity contribution is 0.0954. The molecule has 1 amide bonds. The summed E-state index contributed by atoms with van der Waals surface area (Å²) in [5, 5.41) is 4.71. The number of nitrogens with one attached hydrogen (secondary N) is 1. The molecule has 3 aromatic carbocycles. The lowest BCUT2D eigenvalue weighted by Gasteiger charge is -2.14. The highest BCUT2D eigenvalue weighted by molar-refractivity contribution is 9.10. The molecule has 3 rings (SSSR count). The van der Waals surface area contributed by atoms with Crippen molar-refractivity contribution >= 4 is 39.7 Å². The minimum Gasteiger partial charge on any atom is -0.493 e. The van der Waals surface area contributed by atoms with E-state index in [-0.39, 0.29) is 12.5 Å². The van der Waals surface area contributed by atoms with Crippen LogP contribution in [-0.2, 0) is 6.61 Å². The highest BCUT2D eigenvalue weighted by atomic mass is 79.9. The monoisotopic (exact) mass is 574 g/mol. The Morgan fingerprint density at radius 2 is 1.83 bits per heavy atom. The van der Waals surface area contributed by atoms with Crippen LogP contribution in [0.25, 0.3) is 0 Å². The summed E-state index contributed by atoms with van der Waals surface area (Å²) in [6, 6.07) is 16.1. The molecule has 3 aromatic rings. The van der Waals surface area contributed by atoms with Crippen molar-refractivity contribution in [2.24, 2.45) is 5.10 Å². The molecule has 0 saturated heterocycles. The first-order chi connectivity index (χ1) is 17.5. The molecule has 0 aliphatic rings. The molecule has 190 valence electrons. The molecule has 0 heterocycles. The molecule has 1 N–H and O–H groups in total. The number of rotatable bonds is 12. The van der Waals surface area contributed by atoms with Gasteiger partial charge in [-0.05, 0) is 71.2 Å². The number of benzene rings is 3. The zero-order valence-electron chi connectivity index (χ0n) is 20.3. The Kier molecular flexibility index (Phi) is 10.5. The van der Waals surface area contributed by atoms with Crippen molar-refractivity contribution in [1.82, 2.24) is 5.43 Å². The van der Waals surface area contributed by atoms with Crippen LogP contribution < -0.4 is 24.4 Å². The zero-order valence-corrected chi connectivity index (χ0v) is 22.7. The largest absolute Gasteiger partial charge is 0.493 e. The van der Waals surface area contributed by atoms with E-state index in [9.17, 15) is 4.79 Å². The smallest absolute Gasteiger partial charge is 0.271 e. The SMILES string of the molecule is CCCOc1ccc(C(=O)N/N=C/c2cc(Br)c(OCc3ccccc3Cl)c(OC)c2)cc1OCC. The Morgan fingerprint density at radius 1 is 1.03 bits per heavy atom. The number of carbonyl (C=O) groups is 1. The predicted octanol–water partition coefficient (Wildman–Crippen LogP) is 6.64. The summed E-state index contributed by atoms with van der Waals surface area (Å²) in [4.78, 5) is 12.6. The molecule has 0 unspecified atom stereocenters. The van der Waals surface area contributed by atoms with E-state index in [2.05, 4.69) is 26.5 Å². The Labute approximate surface area is 224 Å². The molecule has 0 spiro atoms. The normalized spacial score (nSPS) is 10.8. The van der Waals surface area contributed by atoms with Gasteiger partial charge in [-0.3, -0.25) is 4.79 Å². The minimum absolute atomic E-state index is 0.282. The van der Waals surface area contributed by atoms with E-state index in [0.717, 1.165) is 12.0 Å². The molecule has 0 aliphatic heterocycles. The first-order valence-electron chi connectivity index (χ1n) is 11.4. The van der Waals surface area contributed by atoms with Crippen LogP contribution in [-0.4, -0.2) is 32.4 Å². The fourth-order valence-electron chi connectivity index (χ4n) is 3.20. The van der Waals surface area contributed by atoms with E-state index in [4.69, 9.17) is 30.5 Å². The molecular formula is C27H28BrClN2O5. The quantitative estimate of drug-likeness (QED) is 0.193. The molecule has 0 aromatic heterocycles. The molecule has 7 nitrogen and oxygen atoms in total. The third-order valence-corrected chi connectivity index (χ3v) is 5.89. The number of hydrazone groups is 1. The lowest BCUT2D eigenvalue weighted by Crippen LogP contribution is -2.17.